The van der Waals surface area contributed by atoms with Gasteiger partial charge in [0.15, 0.2) is 0 Å². The van der Waals surface area contributed by atoms with E-state index in [9.17, 15) is 0 Å². The van der Waals surface area contributed by atoms with Crippen LogP contribution in [0.3, 0.4) is 0 Å². The molecule has 0 aromatic carbocycles. The lowest BCUT2D eigenvalue weighted by Crippen LogP contribution is -2.11. The minimum Gasteiger partial charge on any atom is -0.476 e. The Bertz CT molecular complexity index is 329. The highest BCUT2D eigenvalue weighted by Crippen LogP contribution is 2.23. The first-order valence-corrected chi connectivity index (χ1v) is 5.73. The standard InChI is InChI=1S/C12H20N2O2/c1-4-8-15-12-10(13)6-7-11(14-12)16-9(3)5-2/h6-7,9H,4-5,8,13H2,1-3H3. The predicted molar refractivity (Wildman–Crippen MR) is 64.8 cm³/mol. The van der Waals surface area contributed by atoms with Crippen molar-refractivity contribution in [2.45, 2.75) is 39.7 Å². The summed E-state index contributed by atoms with van der Waals surface area (Å²) < 4.78 is 11.0. The maximum Gasteiger partial charge on any atom is 0.240 e. The highest BCUT2D eigenvalue weighted by molar-refractivity contribution is 5.49. The molecule has 0 aliphatic carbocycles. The zero-order valence-corrected chi connectivity index (χ0v) is 10.2. The summed E-state index contributed by atoms with van der Waals surface area (Å²) in [6, 6.07) is 3.52. The molecule has 4 heteroatoms. The minimum absolute atomic E-state index is 0.148. The van der Waals surface area contributed by atoms with Gasteiger partial charge in [-0.25, -0.2) is 0 Å². The van der Waals surface area contributed by atoms with Gasteiger partial charge in [0.2, 0.25) is 11.8 Å². The highest BCUT2D eigenvalue weighted by atomic mass is 16.5. The van der Waals surface area contributed by atoms with Gasteiger partial charge in [0.25, 0.3) is 0 Å². The van der Waals surface area contributed by atoms with Gasteiger partial charge in [-0.1, -0.05) is 13.8 Å². The molecule has 0 saturated heterocycles. The molecule has 0 aliphatic heterocycles. The fraction of sp³-hybridized carbons (Fsp3) is 0.583. The Balaban J connectivity index is 2.72. The number of hydrogen-bond donors (Lipinski definition) is 1. The van der Waals surface area contributed by atoms with E-state index in [4.69, 9.17) is 15.2 Å². The van der Waals surface area contributed by atoms with Crippen molar-refractivity contribution in [1.82, 2.24) is 4.98 Å². The number of ether oxygens (including phenoxy) is 2. The van der Waals surface area contributed by atoms with Crippen molar-refractivity contribution in [1.29, 1.82) is 0 Å². The normalized spacial score (nSPS) is 12.2. The molecule has 0 saturated carbocycles. The second-order valence-electron chi connectivity index (χ2n) is 3.73. The lowest BCUT2D eigenvalue weighted by Gasteiger charge is -2.13. The first kappa shape index (κ1) is 12.6. The van der Waals surface area contributed by atoms with Crippen LogP contribution in [-0.2, 0) is 0 Å². The van der Waals surface area contributed by atoms with Gasteiger partial charge in [0.05, 0.1) is 18.4 Å². The van der Waals surface area contributed by atoms with Crippen LogP contribution in [0.15, 0.2) is 12.1 Å². The quantitative estimate of drug-likeness (QED) is 0.807. The average Bonchev–Trinajstić information content (AvgIpc) is 2.29. The molecular formula is C12H20N2O2. The minimum atomic E-state index is 0.148. The molecule has 1 unspecified atom stereocenters. The molecule has 1 aromatic heterocycles. The fourth-order valence-electron chi connectivity index (χ4n) is 1.10. The van der Waals surface area contributed by atoms with E-state index >= 15 is 0 Å². The van der Waals surface area contributed by atoms with Crippen LogP contribution in [0.1, 0.15) is 33.6 Å². The summed E-state index contributed by atoms with van der Waals surface area (Å²) >= 11 is 0. The van der Waals surface area contributed by atoms with Crippen molar-refractivity contribution < 1.29 is 9.47 Å². The van der Waals surface area contributed by atoms with Crippen molar-refractivity contribution in [3.05, 3.63) is 12.1 Å². The SMILES string of the molecule is CCCOc1nc(OC(C)CC)ccc1N. The number of anilines is 1. The monoisotopic (exact) mass is 224 g/mol. The molecule has 2 N–H and O–H groups in total. The Hall–Kier alpha value is -1.45. The maximum atomic E-state index is 5.75. The summed E-state index contributed by atoms with van der Waals surface area (Å²) in [6.45, 7) is 6.72. The van der Waals surface area contributed by atoms with Crippen molar-refractivity contribution >= 4 is 5.69 Å². The van der Waals surface area contributed by atoms with E-state index in [0.29, 0.717) is 24.1 Å². The van der Waals surface area contributed by atoms with Crippen LogP contribution in [-0.4, -0.2) is 17.7 Å². The highest BCUT2D eigenvalue weighted by Gasteiger charge is 2.07. The zero-order chi connectivity index (χ0) is 12.0. The van der Waals surface area contributed by atoms with E-state index in [1.54, 1.807) is 12.1 Å². The molecule has 0 radical (unpaired) electrons. The van der Waals surface area contributed by atoms with Crippen molar-refractivity contribution in [3.8, 4) is 11.8 Å². The lowest BCUT2D eigenvalue weighted by atomic mass is 10.3. The number of pyridine rings is 1. The van der Waals surface area contributed by atoms with Crippen LogP contribution in [0.2, 0.25) is 0 Å². The summed E-state index contributed by atoms with van der Waals surface area (Å²) in [5, 5.41) is 0. The molecule has 90 valence electrons. The number of rotatable bonds is 6. The Morgan fingerprint density at radius 3 is 2.75 bits per heavy atom. The molecule has 1 rings (SSSR count). The third kappa shape index (κ3) is 3.61. The van der Waals surface area contributed by atoms with E-state index in [1.165, 1.54) is 0 Å². The first-order chi connectivity index (χ1) is 7.67. The first-order valence-electron chi connectivity index (χ1n) is 5.73. The van der Waals surface area contributed by atoms with Crippen LogP contribution < -0.4 is 15.2 Å². The smallest absolute Gasteiger partial charge is 0.240 e. The Morgan fingerprint density at radius 2 is 2.12 bits per heavy atom. The van der Waals surface area contributed by atoms with E-state index in [-0.39, 0.29) is 6.10 Å². The molecule has 1 atom stereocenters. The van der Waals surface area contributed by atoms with Crippen LogP contribution in [0, 0.1) is 0 Å². The maximum absolute atomic E-state index is 5.75. The number of aromatic nitrogens is 1. The third-order valence-corrected chi connectivity index (χ3v) is 2.20. The van der Waals surface area contributed by atoms with Gasteiger partial charge in [-0.3, -0.25) is 0 Å². The van der Waals surface area contributed by atoms with E-state index in [1.807, 2.05) is 13.8 Å². The summed E-state index contributed by atoms with van der Waals surface area (Å²) in [5.41, 5.74) is 6.30. The molecule has 0 bridgehead atoms. The van der Waals surface area contributed by atoms with Crippen molar-refractivity contribution in [2.75, 3.05) is 12.3 Å². The van der Waals surface area contributed by atoms with E-state index in [2.05, 4.69) is 11.9 Å². The Morgan fingerprint density at radius 1 is 1.38 bits per heavy atom. The summed E-state index contributed by atoms with van der Waals surface area (Å²) in [4.78, 5) is 4.23. The second kappa shape index (κ2) is 6.20. The lowest BCUT2D eigenvalue weighted by molar-refractivity contribution is 0.204. The Kier molecular flexibility index (Phi) is 4.89. The van der Waals surface area contributed by atoms with Crippen LogP contribution in [0.5, 0.6) is 11.8 Å². The average molecular weight is 224 g/mol. The molecule has 16 heavy (non-hydrogen) atoms. The van der Waals surface area contributed by atoms with E-state index in [0.717, 1.165) is 12.8 Å². The van der Waals surface area contributed by atoms with Crippen LogP contribution in [0.4, 0.5) is 5.69 Å². The molecule has 0 aliphatic rings. The van der Waals surface area contributed by atoms with Gasteiger partial charge in [-0.2, -0.15) is 4.98 Å². The van der Waals surface area contributed by atoms with Gasteiger partial charge in [0.1, 0.15) is 0 Å². The number of nitrogen functional groups attached to an aromatic ring is 1. The van der Waals surface area contributed by atoms with Crippen molar-refractivity contribution in [2.24, 2.45) is 0 Å². The Labute approximate surface area is 96.8 Å². The molecular weight excluding hydrogens is 204 g/mol. The van der Waals surface area contributed by atoms with Crippen molar-refractivity contribution in [3.63, 3.8) is 0 Å². The number of nitrogens with two attached hydrogens (primary N) is 1. The largest absolute Gasteiger partial charge is 0.476 e. The fourth-order valence-corrected chi connectivity index (χ4v) is 1.10. The summed E-state index contributed by atoms with van der Waals surface area (Å²) in [6.07, 6.45) is 2.02. The molecule has 1 aromatic rings. The van der Waals surface area contributed by atoms with Gasteiger partial charge >= 0.3 is 0 Å². The third-order valence-electron chi connectivity index (χ3n) is 2.20. The number of hydrogen-bond acceptors (Lipinski definition) is 4. The van der Waals surface area contributed by atoms with Gasteiger partial charge in [-0.05, 0) is 25.8 Å². The molecule has 0 spiro atoms. The van der Waals surface area contributed by atoms with Gasteiger partial charge in [0, 0.05) is 6.07 Å². The second-order valence-corrected chi connectivity index (χ2v) is 3.73. The molecule has 1 heterocycles. The van der Waals surface area contributed by atoms with Crippen LogP contribution in [0.25, 0.3) is 0 Å². The van der Waals surface area contributed by atoms with Crippen LogP contribution >= 0.6 is 0 Å². The summed E-state index contributed by atoms with van der Waals surface area (Å²) in [5.74, 6) is 1.03. The van der Waals surface area contributed by atoms with Gasteiger partial charge < -0.3 is 15.2 Å². The molecule has 4 nitrogen and oxygen atoms in total. The van der Waals surface area contributed by atoms with E-state index < -0.39 is 0 Å². The summed E-state index contributed by atoms with van der Waals surface area (Å²) in [7, 11) is 0. The predicted octanol–water partition coefficient (Wildman–Crippen LogP) is 2.63. The number of nitrogens with zero attached hydrogens (tertiary/aromatic N) is 1. The zero-order valence-electron chi connectivity index (χ0n) is 10.2. The topological polar surface area (TPSA) is 57.4 Å². The molecule has 0 fully saturated rings. The molecule has 0 amide bonds. The van der Waals surface area contributed by atoms with Gasteiger partial charge in [-0.15, -0.1) is 0 Å².